The first-order chi connectivity index (χ1) is 14.2. The SMILES string of the molecule is N#CCCN(CCC#N)C(=O)C1CCN(c2oc(-c3ccco3)nc2C#N)CC1. The number of furan rings is 1. The molecule has 2 aromatic rings. The Balaban J connectivity index is 1.66. The molecule has 0 N–H and O–H groups in total. The van der Waals surface area contributed by atoms with E-state index in [1.807, 2.05) is 23.1 Å². The van der Waals surface area contributed by atoms with Crippen molar-refractivity contribution < 1.29 is 13.6 Å². The molecular weight excluding hydrogens is 372 g/mol. The fourth-order valence-electron chi connectivity index (χ4n) is 3.39. The van der Waals surface area contributed by atoms with Crippen LogP contribution < -0.4 is 4.90 Å². The summed E-state index contributed by atoms with van der Waals surface area (Å²) in [6.45, 7) is 1.76. The summed E-state index contributed by atoms with van der Waals surface area (Å²) in [5.74, 6) is 0.879. The lowest BCUT2D eigenvalue weighted by molar-refractivity contribution is -0.136. The van der Waals surface area contributed by atoms with Crippen LogP contribution in [-0.2, 0) is 4.79 Å². The van der Waals surface area contributed by atoms with Crippen LogP contribution in [0, 0.1) is 39.9 Å². The van der Waals surface area contributed by atoms with Gasteiger partial charge in [-0.3, -0.25) is 4.79 Å². The molecule has 0 radical (unpaired) electrons. The molecule has 29 heavy (non-hydrogen) atoms. The zero-order valence-electron chi connectivity index (χ0n) is 15.9. The van der Waals surface area contributed by atoms with Crippen molar-refractivity contribution in [1.82, 2.24) is 9.88 Å². The highest BCUT2D eigenvalue weighted by Gasteiger charge is 2.31. The first-order valence-corrected chi connectivity index (χ1v) is 9.40. The first-order valence-electron chi connectivity index (χ1n) is 9.40. The topological polar surface area (TPSA) is 134 Å². The second-order valence-electron chi connectivity index (χ2n) is 6.66. The number of aromatic nitrogens is 1. The highest BCUT2D eigenvalue weighted by molar-refractivity contribution is 5.79. The van der Waals surface area contributed by atoms with Crippen LogP contribution in [0.4, 0.5) is 5.88 Å². The van der Waals surface area contributed by atoms with Gasteiger partial charge in [0.05, 0.1) is 31.2 Å². The van der Waals surface area contributed by atoms with E-state index in [-0.39, 0.29) is 36.3 Å². The Morgan fingerprint density at radius 3 is 2.45 bits per heavy atom. The van der Waals surface area contributed by atoms with Crippen LogP contribution in [0.3, 0.4) is 0 Å². The number of piperidine rings is 1. The molecule has 1 aliphatic heterocycles. The van der Waals surface area contributed by atoms with E-state index in [0.717, 1.165) is 0 Å². The van der Waals surface area contributed by atoms with Gasteiger partial charge >= 0.3 is 0 Å². The van der Waals surface area contributed by atoms with Crippen LogP contribution >= 0.6 is 0 Å². The molecule has 1 aliphatic rings. The molecular formula is C20H20N6O3. The van der Waals surface area contributed by atoms with Crippen molar-refractivity contribution in [3.63, 3.8) is 0 Å². The number of carbonyl (C=O) groups excluding carboxylic acids is 1. The van der Waals surface area contributed by atoms with Gasteiger partial charge in [-0.2, -0.15) is 20.8 Å². The lowest BCUT2D eigenvalue weighted by Gasteiger charge is -2.33. The molecule has 1 fully saturated rings. The van der Waals surface area contributed by atoms with Gasteiger partial charge in [-0.25, -0.2) is 0 Å². The van der Waals surface area contributed by atoms with Crippen molar-refractivity contribution in [1.29, 1.82) is 15.8 Å². The third-order valence-electron chi connectivity index (χ3n) is 4.88. The molecule has 3 rings (SSSR count). The minimum atomic E-state index is -0.179. The van der Waals surface area contributed by atoms with E-state index in [1.54, 1.807) is 17.0 Å². The van der Waals surface area contributed by atoms with Crippen LogP contribution in [-0.4, -0.2) is 42.0 Å². The minimum absolute atomic E-state index is 0.0236. The summed E-state index contributed by atoms with van der Waals surface area (Å²) in [4.78, 5) is 20.5. The van der Waals surface area contributed by atoms with Gasteiger partial charge in [0, 0.05) is 32.1 Å². The quantitative estimate of drug-likeness (QED) is 0.702. The number of anilines is 1. The molecule has 148 valence electrons. The van der Waals surface area contributed by atoms with Crippen molar-refractivity contribution in [2.45, 2.75) is 25.7 Å². The molecule has 9 heteroatoms. The zero-order chi connectivity index (χ0) is 20.6. The first kappa shape index (κ1) is 20.0. The maximum absolute atomic E-state index is 12.8. The standard InChI is InChI=1S/C20H20N6O3/c21-7-2-9-25(10-3-8-22)19(27)15-5-11-26(12-6-15)20-16(14-23)24-18(29-20)17-4-1-13-28-17/h1,4,13,15H,2-3,5-6,9-12H2. The molecule has 0 aliphatic carbocycles. The second kappa shape index (κ2) is 9.43. The zero-order valence-corrected chi connectivity index (χ0v) is 15.9. The van der Waals surface area contributed by atoms with Crippen molar-refractivity contribution in [2.24, 2.45) is 5.92 Å². The number of carbonyl (C=O) groups is 1. The van der Waals surface area contributed by atoms with Crippen LogP contribution in [0.15, 0.2) is 27.2 Å². The number of hydrogen-bond acceptors (Lipinski definition) is 8. The highest BCUT2D eigenvalue weighted by atomic mass is 16.4. The monoisotopic (exact) mass is 392 g/mol. The van der Waals surface area contributed by atoms with Gasteiger partial charge in [0.2, 0.25) is 17.5 Å². The van der Waals surface area contributed by atoms with Crippen LogP contribution in [0.1, 0.15) is 31.4 Å². The Kier molecular flexibility index (Phi) is 6.50. The van der Waals surface area contributed by atoms with Crippen LogP contribution in [0.25, 0.3) is 11.7 Å². The summed E-state index contributed by atoms with van der Waals surface area (Å²) in [5, 5.41) is 27.0. The van der Waals surface area contributed by atoms with Crippen molar-refractivity contribution in [3.05, 3.63) is 24.1 Å². The fourth-order valence-corrected chi connectivity index (χ4v) is 3.39. The molecule has 0 bridgehead atoms. The molecule has 0 unspecified atom stereocenters. The van der Waals surface area contributed by atoms with Crippen molar-refractivity contribution >= 4 is 11.8 Å². The Morgan fingerprint density at radius 2 is 1.90 bits per heavy atom. The Bertz CT molecular complexity index is 934. The van der Waals surface area contributed by atoms with E-state index < -0.39 is 0 Å². The molecule has 9 nitrogen and oxygen atoms in total. The van der Waals surface area contributed by atoms with E-state index in [0.29, 0.717) is 50.7 Å². The number of amides is 1. The summed E-state index contributed by atoms with van der Waals surface area (Å²) in [7, 11) is 0. The summed E-state index contributed by atoms with van der Waals surface area (Å²) < 4.78 is 11.0. The third-order valence-corrected chi connectivity index (χ3v) is 4.88. The Hall–Kier alpha value is -3.77. The smallest absolute Gasteiger partial charge is 0.266 e. The molecule has 0 aromatic carbocycles. The minimum Gasteiger partial charge on any atom is -0.459 e. The highest BCUT2D eigenvalue weighted by Crippen LogP contribution is 2.31. The predicted octanol–water partition coefficient (Wildman–Crippen LogP) is 2.68. The predicted molar refractivity (Wildman–Crippen MR) is 101 cm³/mol. The summed E-state index contributed by atoms with van der Waals surface area (Å²) >= 11 is 0. The molecule has 1 saturated heterocycles. The van der Waals surface area contributed by atoms with Gasteiger partial charge < -0.3 is 18.6 Å². The fraction of sp³-hybridized carbons (Fsp3) is 0.450. The van der Waals surface area contributed by atoms with Gasteiger partial charge in [-0.15, -0.1) is 0 Å². The lowest BCUT2D eigenvalue weighted by atomic mass is 9.95. The number of nitriles is 3. The van der Waals surface area contributed by atoms with Gasteiger partial charge in [0.25, 0.3) is 5.89 Å². The number of oxazole rings is 1. The van der Waals surface area contributed by atoms with E-state index in [4.69, 9.17) is 19.4 Å². The van der Waals surface area contributed by atoms with Gasteiger partial charge in [-0.1, -0.05) is 0 Å². The van der Waals surface area contributed by atoms with E-state index in [2.05, 4.69) is 4.98 Å². The number of hydrogen-bond donors (Lipinski definition) is 0. The van der Waals surface area contributed by atoms with Crippen molar-refractivity contribution in [3.8, 4) is 29.9 Å². The summed E-state index contributed by atoms with van der Waals surface area (Å²) in [6, 6.07) is 9.56. The van der Waals surface area contributed by atoms with Crippen LogP contribution in [0.5, 0.6) is 0 Å². The van der Waals surface area contributed by atoms with Gasteiger partial charge in [0.15, 0.2) is 5.76 Å². The molecule has 0 saturated carbocycles. The van der Waals surface area contributed by atoms with Crippen LogP contribution in [0.2, 0.25) is 0 Å². The molecule has 3 heterocycles. The summed E-state index contributed by atoms with van der Waals surface area (Å²) in [5.41, 5.74) is 0.186. The maximum atomic E-state index is 12.8. The molecule has 0 atom stereocenters. The average molecular weight is 392 g/mol. The summed E-state index contributed by atoms with van der Waals surface area (Å²) in [6.07, 6.45) is 3.18. The number of rotatable bonds is 7. The second-order valence-corrected chi connectivity index (χ2v) is 6.66. The average Bonchev–Trinajstić information content (AvgIpc) is 3.43. The van der Waals surface area contributed by atoms with E-state index in [1.165, 1.54) is 6.26 Å². The van der Waals surface area contributed by atoms with Crippen molar-refractivity contribution in [2.75, 3.05) is 31.1 Å². The third kappa shape index (κ3) is 4.56. The van der Waals surface area contributed by atoms with Gasteiger partial charge in [0.1, 0.15) is 6.07 Å². The largest absolute Gasteiger partial charge is 0.459 e. The Morgan fingerprint density at radius 1 is 1.21 bits per heavy atom. The molecule has 2 aromatic heterocycles. The molecule has 1 amide bonds. The van der Waals surface area contributed by atoms with Gasteiger partial charge in [-0.05, 0) is 25.0 Å². The normalized spacial score (nSPS) is 14.0. The Labute approximate surface area is 168 Å². The lowest BCUT2D eigenvalue weighted by Crippen LogP contribution is -2.43. The number of nitrogens with zero attached hydrogens (tertiary/aromatic N) is 6. The van der Waals surface area contributed by atoms with E-state index >= 15 is 0 Å². The van der Waals surface area contributed by atoms with E-state index in [9.17, 15) is 10.1 Å². The maximum Gasteiger partial charge on any atom is 0.266 e. The molecule has 0 spiro atoms.